The lowest BCUT2D eigenvalue weighted by atomic mass is 10.0. The van der Waals surface area contributed by atoms with Crippen LogP contribution < -0.4 is 5.73 Å². The fourth-order valence-electron chi connectivity index (χ4n) is 1.84. The first kappa shape index (κ1) is 18.2. The number of amidine groups is 1. The molecule has 0 aromatic rings. The zero-order valence-corrected chi connectivity index (χ0v) is 13.5. The fraction of sp³-hybridized carbons (Fsp3) is 0.389. The van der Waals surface area contributed by atoms with Gasteiger partial charge in [0.1, 0.15) is 5.84 Å². The van der Waals surface area contributed by atoms with E-state index in [-0.39, 0.29) is 0 Å². The van der Waals surface area contributed by atoms with Crippen LogP contribution in [0.15, 0.2) is 64.4 Å². The molecule has 20 heavy (non-hydrogen) atoms. The summed E-state index contributed by atoms with van der Waals surface area (Å²) < 4.78 is 0. The minimum absolute atomic E-state index is 0.456. The molecule has 0 aliphatic heterocycles. The zero-order chi connectivity index (χ0) is 15.5. The van der Waals surface area contributed by atoms with E-state index in [0.717, 1.165) is 24.1 Å². The number of nitrogens with two attached hydrogens (primary N) is 1. The summed E-state index contributed by atoms with van der Waals surface area (Å²) in [4.78, 5) is 4.48. The Morgan fingerprint density at radius 2 is 1.85 bits per heavy atom. The highest BCUT2D eigenvalue weighted by Gasteiger charge is 2.04. The SMILES string of the molecule is C=CC(N)=NC(/C(C)=C/C=C(C)\C=C/C)=C(\C)CCC. The van der Waals surface area contributed by atoms with Gasteiger partial charge in [0.05, 0.1) is 5.70 Å². The minimum Gasteiger partial charge on any atom is -0.384 e. The Hall–Kier alpha value is -1.83. The molecule has 0 bridgehead atoms. The molecule has 0 unspecified atom stereocenters. The molecule has 0 aromatic carbocycles. The summed E-state index contributed by atoms with van der Waals surface area (Å²) in [6, 6.07) is 0. The van der Waals surface area contributed by atoms with Crippen LogP contribution in [0.4, 0.5) is 0 Å². The van der Waals surface area contributed by atoms with Crippen LogP contribution in [-0.4, -0.2) is 5.84 Å². The third kappa shape index (κ3) is 6.93. The lowest BCUT2D eigenvalue weighted by Gasteiger charge is -2.08. The summed E-state index contributed by atoms with van der Waals surface area (Å²) in [7, 11) is 0. The zero-order valence-electron chi connectivity index (χ0n) is 13.5. The van der Waals surface area contributed by atoms with E-state index in [1.54, 1.807) is 6.08 Å². The van der Waals surface area contributed by atoms with E-state index in [9.17, 15) is 0 Å². The van der Waals surface area contributed by atoms with Crippen molar-refractivity contribution in [3.63, 3.8) is 0 Å². The van der Waals surface area contributed by atoms with Crippen molar-refractivity contribution in [1.29, 1.82) is 0 Å². The lowest BCUT2D eigenvalue weighted by Crippen LogP contribution is -2.08. The summed E-state index contributed by atoms with van der Waals surface area (Å²) in [5.74, 6) is 0.456. The average molecular weight is 272 g/mol. The minimum atomic E-state index is 0.456. The maximum Gasteiger partial charge on any atom is 0.123 e. The van der Waals surface area contributed by atoms with Crippen LogP contribution in [0, 0.1) is 0 Å². The normalized spacial score (nSPS) is 15.6. The summed E-state index contributed by atoms with van der Waals surface area (Å²) in [5, 5.41) is 0. The molecule has 2 nitrogen and oxygen atoms in total. The highest BCUT2D eigenvalue weighted by molar-refractivity contribution is 5.91. The lowest BCUT2D eigenvalue weighted by molar-refractivity contribution is 0.888. The Labute approximate surface area is 124 Å². The third-order valence-corrected chi connectivity index (χ3v) is 2.88. The molecule has 2 N–H and O–H groups in total. The van der Waals surface area contributed by atoms with E-state index in [0.29, 0.717) is 5.84 Å². The fourth-order valence-corrected chi connectivity index (χ4v) is 1.84. The van der Waals surface area contributed by atoms with Crippen molar-refractivity contribution in [2.24, 2.45) is 10.7 Å². The van der Waals surface area contributed by atoms with E-state index in [4.69, 9.17) is 5.73 Å². The second-order valence-electron chi connectivity index (χ2n) is 4.88. The molecule has 2 heteroatoms. The van der Waals surface area contributed by atoms with Gasteiger partial charge in [-0.1, -0.05) is 49.8 Å². The van der Waals surface area contributed by atoms with Crippen molar-refractivity contribution in [3.05, 3.63) is 59.4 Å². The number of aliphatic imine (C=N–C) groups is 1. The Morgan fingerprint density at radius 1 is 1.20 bits per heavy atom. The molecule has 0 atom stereocenters. The van der Waals surface area contributed by atoms with Crippen molar-refractivity contribution in [2.45, 2.75) is 47.5 Å². The van der Waals surface area contributed by atoms with Crippen LogP contribution in [0.1, 0.15) is 47.5 Å². The van der Waals surface area contributed by atoms with Gasteiger partial charge in [0, 0.05) is 0 Å². The van der Waals surface area contributed by atoms with Crippen molar-refractivity contribution >= 4 is 5.84 Å². The maximum atomic E-state index is 5.79. The number of allylic oxidation sites excluding steroid dienone is 7. The van der Waals surface area contributed by atoms with Gasteiger partial charge in [-0.25, -0.2) is 4.99 Å². The van der Waals surface area contributed by atoms with Crippen LogP contribution in [0.5, 0.6) is 0 Å². The summed E-state index contributed by atoms with van der Waals surface area (Å²) >= 11 is 0. The summed E-state index contributed by atoms with van der Waals surface area (Å²) in [5.41, 5.74) is 10.3. The Bertz CT molecular complexity index is 472. The first-order valence-corrected chi connectivity index (χ1v) is 7.10. The number of nitrogens with zero attached hydrogens (tertiary/aromatic N) is 1. The molecule has 0 rings (SSSR count). The molecule has 0 radical (unpaired) electrons. The van der Waals surface area contributed by atoms with E-state index in [2.05, 4.69) is 57.5 Å². The van der Waals surface area contributed by atoms with Gasteiger partial charge in [-0.2, -0.15) is 0 Å². The first-order valence-electron chi connectivity index (χ1n) is 7.10. The van der Waals surface area contributed by atoms with Gasteiger partial charge in [0.25, 0.3) is 0 Å². The maximum absolute atomic E-state index is 5.79. The van der Waals surface area contributed by atoms with Crippen molar-refractivity contribution in [3.8, 4) is 0 Å². The van der Waals surface area contributed by atoms with E-state index >= 15 is 0 Å². The molecule has 0 heterocycles. The predicted octanol–water partition coefficient (Wildman–Crippen LogP) is 5.07. The molecule has 0 amide bonds. The molecule has 110 valence electrons. The topological polar surface area (TPSA) is 38.4 Å². The molecule has 0 aliphatic carbocycles. The van der Waals surface area contributed by atoms with Gasteiger partial charge in [0.2, 0.25) is 0 Å². The Morgan fingerprint density at radius 3 is 2.35 bits per heavy atom. The van der Waals surface area contributed by atoms with Crippen molar-refractivity contribution < 1.29 is 0 Å². The molecule has 0 fully saturated rings. The number of rotatable bonds is 7. The highest BCUT2D eigenvalue weighted by atomic mass is 14.9. The molecular weight excluding hydrogens is 244 g/mol. The van der Waals surface area contributed by atoms with Gasteiger partial charge in [-0.15, -0.1) is 0 Å². The smallest absolute Gasteiger partial charge is 0.123 e. The van der Waals surface area contributed by atoms with E-state index in [1.807, 2.05) is 13.0 Å². The molecule has 0 saturated carbocycles. The summed E-state index contributed by atoms with van der Waals surface area (Å²) in [6.07, 6.45) is 12.0. The largest absolute Gasteiger partial charge is 0.384 e. The summed E-state index contributed by atoms with van der Waals surface area (Å²) in [6.45, 7) is 14.1. The number of hydrogen-bond acceptors (Lipinski definition) is 1. The Balaban J connectivity index is 5.55. The van der Waals surface area contributed by atoms with Gasteiger partial charge in [-0.3, -0.25) is 0 Å². The van der Waals surface area contributed by atoms with Crippen molar-refractivity contribution in [2.75, 3.05) is 0 Å². The van der Waals surface area contributed by atoms with Gasteiger partial charge >= 0.3 is 0 Å². The molecule has 0 spiro atoms. The first-order chi connectivity index (χ1) is 9.46. The molecule has 0 aliphatic rings. The average Bonchev–Trinajstić information content (AvgIpc) is 2.42. The van der Waals surface area contributed by atoms with Crippen LogP contribution in [0.25, 0.3) is 0 Å². The Kier molecular flexibility index (Phi) is 9.10. The standard InChI is InChI=1S/C18H28N2/c1-7-10-14(4)12-13-16(6)18(15(5)11-8-2)20-17(19)9-3/h7,9-10,12-13H,3,8,11H2,1-2,4-6H3,(H2,19,20)/b10-7-,14-12-,16-13+,18-15+. The third-order valence-electron chi connectivity index (χ3n) is 2.88. The van der Waals surface area contributed by atoms with E-state index in [1.165, 1.54) is 11.1 Å². The van der Waals surface area contributed by atoms with Gasteiger partial charge < -0.3 is 5.73 Å². The molecule has 0 saturated heterocycles. The van der Waals surface area contributed by atoms with E-state index < -0.39 is 0 Å². The van der Waals surface area contributed by atoms with Gasteiger partial charge in [-0.05, 0) is 51.3 Å². The molecular formula is C18H28N2. The van der Waals surface area contributed by atoms with Crippen LogP contribution >= 0.6 is 0 Å². The number of hydrogen-bond donors (Lipinski definition) is 1. The second kappa shape index (κ2) is 10.0. The molecule has 0 aromatic heterocycles. The highest BCUT2D eigenvalue weighted by Crippen LogP contribution is 2.20. The van der Waals surface area contributed by atoms with Gasteiger partial charge in [0.15, 0.2) is 0 Å². The quantitative estimate of drug-likeness (QED) is 0.392. The van der Waals surface area contributed by atoms with Crippen molar-refractivity contribution in [1.82, 2.24) is 0 Å². The monoisotopic (exact) mass is 272 g/mol. The predicted molar refractivity (Wildman–Crippen MR) is 91.8 cm³/mol. The van der Waals surface area contributed by atoms with Crippen LogP contribution in [-0.2, 0) is 0 Å². The van der Waals surface area contributed by atoms with Crippen LogP contribution in [0.3, 0.4) is 0 Å². The van der Waals surface area contributed by atoms with Crippen LogP contribution in [0.2, 0.25) is 0 Å². The second-order valence-corrected chi connectivity index (χ2v) is 4.88.